The lowest BCUT2D eigenvalue weighted by Crippen LogP contribution is -2.22. The van der Waals surface area contributed by atoms with Gasteiger partial charge in [0.2, 0.25) is 11.7 Å². The van der Waals surface area contributed by atoms with Crippen LogP contribution < -0.4 is 0 Å². The molecular formula is C16H18N6O2. The Labute approximate surface area is 138 Å². The zero-order valence-electron chi connectivity index (χ0n) is 13.3. The SMILES string of the molecule is CO[C@@H]1CN(Cc2nc(-c3ccccc3)no2)C[C@H]1c1cn[nH]n1. The second kappa shape index (κ2) is 6.50. The molecule has 124 valence electrons. The predicted molar refractivity (Wildman–Crippen MR) is 84.9 cm³/mol. The Balaban J connectivity index is 1.46. The van der Waals surface area contributed by atoms with Crippen LogP contribution in [0.2, 0.25) is 0 Å². The van der Waals surface area contributed by atoms with Crippen molar-refractivity contribution in [2.45, 2.75) is 18.6 Å². The maximum Gasteiger partial charge on any atom is 0.241 e. The molecule has 1 aliphatic rings. The van der Waals surface area contributed by atoms with Gasteiger partial charge in [0.15, 0.2) is 0 Å². The van der Waals surface area contributed by atoms with Crippen molar-refractivity contribution >= 4 is 0 Å². The summed E-state index contributed by atoms with van der Waals surface area (Å²) in [7, 11) is 1.72. The Kier molecular flexibility index (Phi) is 4.06. The molecule has 0 saturated carbocycles. The molecule has 8 heteroatoms. The van der Waals surface area contributed by atoms with Crippen molar-refractivity contribution < 1.29 is 9.26 Å². The summed E-state index contributed by atoms with van der Waals surface area (Å²) in [5.74, 6) is 1.40. The van der Waals surface area contributed by atoms with Gasteiger partial charge in [-0.15, -0.1) is 0 Å². The third kappa shape index (κ3) is 2.93. The number of rotatable bonds is 5. The molecule has 4 rings (SSSR count). The molecule has 1 fully saturated rings. The van der Waals surface area contributed by atoms with Crippen molar-refractivity contribution in [1.82, 2.24) is 30.5 Å². The summed E-state index contributed by atoms with van der Waals surface area (Å²) in [4.78, 5) is 6.72. The molecule has 0 radical (unpaired) electrons. The van der Waals surface area contributed by atoms with Gasteiger partial charge in [0.05, 0.1) is 24.5 Å². The monoisotopic (exact) mass is 326 g/mol. The highest BCUT2D eigenvalue weighted by molar-refractivity contribution is 5.53. The summed E-state index contributed by atoms with van der Waals surface area (Å²) >= 11 is 0. The smallest absolute Gasteiger partial charge is 0.241 e. The molecule has 24 heavy (non-hydrogen) atoms. The number of likely N-dealkylation sites (tertiary alicyclic amines) is 1. The van der Waals surface area contributed by atoms with E-state index in [0.717, 1.165) is 24.3 Å². The molecular weight excluding hydrogens is 308 g/mol. The first-order chi connectivity index (χ1) is 11.8. The minimum Gasteiger partial charge on any atom is -0.379 e. The Morgan fingerprint density at radius 3 is 2.92 bits per heavy atom. The maximum atomic E-state index is 5.60. The molecule has 2 aromatic heterocycles. The van der Waals surface area contributed by atoms with E-state index in [0.29, 0.717) is 18.3 Å². The first-order valence-corrected chi connectivity index (χ1v) is 7.82. The molecule has 3 heterocycles. The van der Waals surface area contributed by atoms with Gasteiger partial charge in [-0.05, 0) is 0 Å². The third-order valence-corrected chi connectivity index (χ3v) is 4.32. The van der Waals surface area contributed by atoms with Crippen LogP contribution in [0.5, 0.6) is 0 Å². The Morgan fingerprint density at radius 2 is 2.17 bits per heavy atom. The van der Waals surface area contributed by atoms with Crippen molar-refractivity contribution in [2.75, 3.05) is 20.2 Å². The Morgan fingerprint density at radius 1 is 1.29 bits per heavy atom. The molecule has 0 unspecified atom stereocenters. The highest BCUT2D eigenvalue weighted by Crippen LogP contribution is 2.28. The lowest BCUT2D eigenvalue weighted by molar-refractivity contribution is 0.0946. The van der Waals surface area contributed by atoms with E-state index in [9.17, 15) is 0 Å². The van der Waals surface area contributed by atoms with Crippen LogP contribution in [-0.4, -0.2) is 56.8 Å². The fourth-order valence-corrected chi connectivity index (χ4v) is 3.11. The summed E-state index contributed by atoms with van der Waals surface area (Å²) in [5, 5.41) is 14.8. The van der Waals surface area contributed by atoms with Crippen molar-refractivity contribution in [1.29, 1.82) is 0 Å². The maximum absolute atomic E-state index is 5.60. The van der Waals surface area contributed by atoms with E-state index in [2.05, 4.69) is 30.5 Å². The highest BCUT2D eigenvalue weighted by Gasteiger charge is 2.36. The number of ether oxygens (including phenoxy) is 1. The second-order valence-electron chi connectivity index (χ2n) is 5.85. The van der Waals surface area contributed by atoms with Crippen LogP contribution in [-0.2, 0) is 11.3 Å². The predicted octanol–water partition coefficient (Wildman–Crippen LogP) is 1.47. The van der Waals surface area contributed by atoms with Crippen LogP contribution in [0, 0.1) is 0 Å². The fourth-order valence-electron chi connectivity index (χ4n) is 3.11. The van der Waals surface area contributed by atoms with Crippen molar-refractivity contribution in [3.8, 4) is 11.4 Å². The number of H-pyrrole nitrogens is 1. The Hall–Kier alpha value is -2.58. The quantitative estimate of drug-likeness (QED) is 0.759. The molecule has 1 saturated heterocycles. The van der Waals surface area contributed by atoms with Gasteiger partial charge in [-0.3, -0.25) is 4.90 Å². The van der Waals surface area contributed by atoms with E-state index in [-0.39, 0.29) is 12.0 Å². The fraction of sp³-hybridized carbons (Fsp3) is 0.375. The molecule has 0 bridgehead atoms. The lowest BCUT2D eigenvalue weighted by Gasteiger charge is -2.13. The van der Waals surface area contributed by atoms with Crippen molar-refractivity contribution in [3.63, 3.8) is 0 Å². The number of hydrogen-bond donors (Lipinski definition) is 1. The van der Waals surface area contributed by atoms with Gasteiger partial charge in [0.1, 0.15) is 0 Å². The van der Waals surface area contributed by atoms with Crippen LogP contribution in [0.25, 0.3) is 11.4 Å². The number of nitrogens with one attached hydrogen (secondary N) is 1. The lowest BCUT2D eigenvalue weighted by atomic mass is 10.0. The molecule has 0 spiro atoms. The zero-order chi connectivity index (χ0) is 16.4. The first kappa shape index (κ1) is 15.0. The van der Waals surface area contributed by atoms with Gasteiger partial charge in [-0.25, -0.2) is 0 Å². The number of hydrogen-bond acceptors (Lipinski definition) is 7. The van der Waals surface area contributed by atoms with E-state index in [1.807, 2.05) is 30.3 Å². The van der Waals surface area contributed by atoms with Crippen LogP contribution in [0.15, 0.2) is 41.1 Å². The summed E-state index contributed by atoms with van der Waals surface area (Å²) in [6.07, 6.45) is 1.83. The number of aromatic nitrogens is 5. The van der Waals surface area contributed by atoms with Gasteiger partial charge >= 0.3 is 0 Å². The van der Waals surface area contributed by atoms with E-state index in [1.54, 1.807) is 13.3 Å². The highest BCUT2D eigenvalue weighted by atomic mass is 16.5. The minimum absolute atomic E-state index is 0.0756. The van der Waals surface area contributed by atoms with Gasteiger partial charge in [-0.1, -0.05) is 35.5 Å². The molecule has 2 atom stereocenters. The number of aromatic amines is 1. The minimum atomic E-state index is 0.0756. The van der Waals surface area contributed by atoms with E-state index in [4.69, 9.17) is 9.26 Å². The van der Waals surface area contributed by atoms with Gasteiger partial charge < -0.3 is 9.26 Å². The molecule has 1 aromatic carbocycles. The molecule has 1 N–H and O–H groups in total. The largest absolute Gasteiger partial charge is 0.379 e. The van der Waals surface area contributed by atoms with E-state index in [1.165, 1.54) is 0 Å². The van der Waals surface area contributed by atoms with Crippen molar-refractivity contribution in [3.05, 3.63) is 48.1 Å². The van der Waals surface area contributed by atoms with Crippen LogP contribution in [0.4, 0.5) is 0 Å². The summed E-state index contributed by atoms with van der Waals surface area (Å²) in [6.45, 7) is 2.19. The number of nitrogens with zero attached hydrogens (tertiary/aromatic N) is 5. The van der Waals surface area contributed by atoms with Crippen molar-refractivity contribution in [2.24, 2.45) is 0 Å². The normalized spacial score (nSPS) is 21.4. The third-order valence-electron chi connectivity index (χ3n) is 4.32. The average Bonchev–Trinajstić information content (AvgIpc) is 3.36. The average molecular weight is 326 g/mol. The van der Waals surface area contributed by atoms with Crippen LogP contribution in [0.3, 0.4) is 0 Å². The topological polar surface area (TPSA) is 93.0 Å². The molecule has 8 nitrogen and oxygen atoms in total. The Bertz CT molecular complexity index is 773. The summed E-state index contributed by atoms with van der Waals surface area (Å²) in [5.41, 5.74) is 1.86. The number of methoxy groups -OCH3 is 1. The molecule has 1 aliphatic heterocycles. The van der Waals surface area contributed by atoms with E-state index < -0.39 is 0 Å². The summed E-state index contributed by atoms with van der Waals surface area (Å²) < 4.78 is 11.0. The number of benzene rings is 1. The molecule has 0 amide bonds. The van der Waals surface area contributed by atoms with E-state index >= 15 is 0 Å². The molecule has 3 aromatic rings. The van der Waals surface area contributed by atoms with Gasteiger partial charge in [0, 0.05) is 31.7 Å². The standard InChI is InChI=1S/C16H18N6O2/c1-23-14-9-22(8-12(14)13-7-17-21-19-13)10-15-18-16(20-24-15)11-5-3-2-4-6-11/h2-7,12,14H,8-10H2,1H3,(H,17,19,21)/t12-,14+/m0/s1. The van der Waals surface area contributed by atoms with Crippen LogP contribution >= 0.6 is 0 Å². The van der Waals surface area contributed by atoms with Gasteiger partial charge in [0.25, 0.3) is 0 Å². The zero-order valence-corrected chi connectivity index (χ0v) is 13.3. The molecule has 0 aliphatic carbocycles. The van der Waals surface area contributed by atoms with Crippen LogP contribution in [0.1, 0.15) is 17.5 Å². The first-order valence-electron chi connectivity index (χ1n) is 7.82. The second-order valence-corrected chi connectivity index (χ2v) is 5.85. The summed E-state index contributed by atoms with van der Waals surface area (Å²) in [6, 6.07) is 9.80. The van der Waals surface area contributed by atoms with Gasteiger partial charge in [-0.2, -0.15) is 20.4 Å².